The molecule has 4 nitrogen and oxygen atoms in total. The second-order valence-electron chi connectivity index (χ2n) is 5.79. The van der Waals surface area contributed by atoms with Gasteiger partial charge < -0.3 is 10.4 Å². The summed E-state index contributed by atoms with van der Waals surface area (Å²) in [5, 5.41) is 11.9. The Morgan fingerprint density at radius 1 is 1.08 bits per heavy atom. The van der Waals surface area contributed by atoms with Crippen molar-refractivity contribution in [1.82, 2.24) is 5.32 Å². The minimum absolute atomic E-state index is 0.223. The van der Waals surface area contributed by atoms with Gasteiger partial charge >= 0.3 is 5.97 Å². The lowest BCUT2D eigenvalue weighted by Crippen LogP contribution is -2.40. The van der Waals surface area contributed by atoms with Crippen molar-refractivity contribution >= 4 is 18.0 Å². The summed E-state index contributed by atoms with van der Waals surface area (Å²) in [5.41, 5.74) is 3.40. The highest BCUT2D eigenvalue weighted by atomic mass is 16.4. The SMILES string of the molecule is Cc1cc(C)cc(C(=O)N[C@@H](C/C=C/c2ccccc2)C(=O)O)c1. The molecule has 0 fully saturated rings. The zero-order valence-corrected chi connectivity index (χ0v) is 13.8. The average molecular weight is 323 g/mol. The molecule has 0 unspecified atom stereocenters. The third-order valence-electron chi connectivity index (χ3n) is 3.57. The van der Waals surface area contributed by atoms with E-state index in [1.165, 1.54) is 0 Å². The molecule has 1 atom stereocenters. The first kappa shape index (κ1) is 17.5. The molecule has 2 aromatic rings. The molecule has 0 saturated carbocycles. The van der Waals surface area contributed by atoms with Gasteiger partial charge in [-0.25, -0.2) is 4.79 Å². The molecule has 4 heteroatoms. The molecule has 0 saturated heterocycles. The maximum Gasteiger partial charge on any atom is 0.326 e. The predicted octanol–water partition coefficient (Wildman–Crippen LogP) is 3.59. The smallest absolute Gasteiger partial charge is 0.326 e. The molecular weight excluding hydrogens is 302 g/mol. The van der Waals surface area contributed by atoms with Gasteiger partial charge in [-0.1, -0.05) is 59.7 Å². The average Bonchev–Trinajstić information content (AvgIpc) is 2.53. The van der Waals surface area contributed by atoms with Crippen molar-refractivity contribution in [2.75, 3.05) is 0 Å². The third-order valence-corrected chi connectivity index (χ3v) is 3.57. The molecule has 0 radical (unpaired) electrons. The van der Waals surface area contributed by atoms with Crippen molar-refractivity contribution < 1.29 is 14.7 Å². The maximum atomic E-state index is 12.3. The Kier molecular flexibility index (Phi) is 5.90. The Labute approximate surface area is 141 Å². The number of carbonyl (C=O) groups excluding carboxylic acids is 1. The van der Waals surface area contributed by atoms with Crippen LogP contribution in [0.2, 0.25) is 0 Å². The van der Waals surface area contributed by atoms with E-state index in [2.05, 4.69) is 5.32 Å². The monoisotopic (exact) mass is 323 g/mol. The molecule has 124 valence electrons. The van der Waals surface area contributed by atoms with E-state index >= 15 is 0 Å². The van der Waals surface area contributed by atoms with E-state index in [0.29, 0.717) is 5.56 Å². The summed E-state index contributed by atoms with van der Waals surface area (Å²) >= 11 is 0. The number of aliphatic carboxylic acids is 1. The van der Waals surface area contributed by atoms with Crippen LogP contribution in [0.4, 0.5) is 0 Å². The van der Waals surface area contributed by atoms with Crippen molar-refractivity contribution in [2.45, 2.75) is 26.3 Å². The molecule has 0 aliphatic rings. The van der Waals surface area contributed by atoms with Gasteiger partial charge in [0.05, 0.1) is 0 Å². The van der Waals surface area contributed by atoms with Gasteiger partial charge in [-0.05, 0) is 38.0 Å². The predicted molar refractivity (Wildman–Crippen MR) is 94.9 cm³/mol. The Hall–Kier alpha value is -2.88. The quantitative estimate of drug-likeness (QED) is 0.854. The third kappa shape index (κ3) is 5.09. The number of carboxylic acid groups (broad SMARTS) is 1. The molecule has 24 heavy (non-hydrogen) atoms. The van der Waals surface area contributed by atoms with E-state index < -0.39 is 12.0 Å². The number of hydrogen-bond donors (Lipinski definition) is 2. The number of benzene rings is 2. The van der Waals surface area contributed by atoms with Crippen LogP contribution in [0.3, 0.4) is 0 Å². The van der Waals surface area contributed by atoms with Crippen molar-refractivity contribution in [3.63, 3.8) is 0 Å². The number of amides is 1. The van der Waals surface area contributed by atoms with Crippen molar-refractivity contribution in [3.05, 3.63) is 76.9 Å². The van der Waals surface area contributed by atoms with E-state index in [4.69, 9.17) is 0 Å². The van der Waals surface area contributed by atoms with Crippen molar-refractivity contribution in [2.24, 2.45) is 0 Å². The van der Waals surface area contributed by atoms with Crippen LogP contribution >= 0.6 is 0 Å². The molecule has 2 N–H and O–H groups in total. The van der Waals surface area contributed by atoms with E-state index in [0.717, 1.165) is 16.7 Å². The normalized spacial score (nSPS) is 12.1. The highest BCUT2D eigenvalue weighted by molar-refractivity contribution is 5.97. The van der Waals surface area contributed by atoms with Gasteiger partial charge in [0.25, 0.3) is 5.91 Å². The van der Waals surface area contributed by atoms with E-state index in [9.17, 15) is 14.7 Å². The maximum absolute atomic E-state index is 12.3. The van der Waals surface area contributed by atoms with Gasteiger partial charge in [-0.2, -0.15) is 0 Å². The first-order chi connectivity index (χ1) is 11.5. The Morgan fingerprint density at radius 2 is 1.71 bits per heavy atom. The summed E-state index contributed by atoms with van der Waals surface area (Å²) in [6.45, 7) is 3.81. The lowest BCUT2D eigenvalue weighted by atomic mass is 10.1. The van der Waals surface area contributed by atoms with Crippen LogP contribution in [-0.4, -0.2) is 23.0 Å². The summed E-state index contributed by atoms with van der Waals surface area (Å²) in [6, 6.07) is 14.1. The number of hydrogen-bond acceptors (Lipinski definition) is 2. The van der Waals surface area contributed by atoms with Crippen LogP contribution in [0.25, 0.3) is 6.08 Å². The van der Waals surface area contributed by atoms with Crippen molar-refractivity contribution in [1.29, 1.82) is 0 Å². The van der Waals surface area contributed by atoms with Crippen LogP contribution < -0.4 is 5.32 Å². The first-order valence-corrected chi connectivity index (χ1v) is 7.79. The fourth-order valence-electron chi connectivity index (χ4n) is 2.47. The topological polar surface area (TPSA) is 66.4 Å². The summed E-state index contributed by atoms with van der Waals surface area (Å²) in [4.78, 5) is 23.7. The van der Waals surface area contributed by atoms with Gasteiger partial charge in [0.15, 0.2) is 0 Å². The lowest BCUT2D eigenvalue weighted by molar-refractivity contribution is -0.139. The molecule has 1 amide bonds. The fraction of sp³-hybridized carbons (Fsp3) is 0.200. The zero-order chi connectivity index (χ0) is 17.5. The van der Waals surface area contributed by atoms with Crippen LogP contribution in [0.15, 0.2) is 54.6 Å². The van der Waals surface area contributed by atoms with Crippen LogP contribution in [0, 0.1) is 13.8 Å². The second kappa shape index (κ2) is 8.11. The molecule has 0 bridgehead atoms. The molecule has 0 heterocycles. The molecule has 0 spiro atoms. The molecule has 2 rings (SSSR count). The second-order valence-corrected chi connectivity index (χ2v) is 5.79. The van der Waals surface area contributed by atoms with Crippen LogP contribution in [-0.2, 0) is 4.79 Å². The zero-order valence-electron chi connectivity index (χ0n) is 13.8. The summed E-state index contributed by atoms with van der Waals surface area (Å²) in [7, 11) is 0. The Morgan fingerprint density at radius 3 is 2.29 bits per heavy atom. The standard InChI is InChI=1S/C20H21NO3/c1-14-11-15(2)13-17(12-14)19(22)21-18(20(23)24)10-6-9-16-7-4-3-5-8-16/h3-9,11-13,18H,10H2,1-2H3,(H,21,22)(H,23,24)/b9-6+/t18-/m0/s1. The van der Waals surface area contributed by atoms with Gasteiger partial charge in [0.1, 0.15) is 6.04 Å². The van der Waals surface area contributed by atoms with Gasteiger partial charge in [-0.15, -0.1) is 0 Å². The minimum Gasteiger partial charge on any atom is -0.480 e. The van der Waals surface area contributed by atoms with Crippen molar-refractivity contribution in [3.8, 4) is 0 Å². The molecular formula is C20H21NO3. The Balaban J connectivity index is 2.04. The molecule has 0 aliphatic heterocycles. The van der Waals surface area contributed by atoms with E-state index in [1.807, 2.05) is 56.3 Å². The molecule has 2 aromatic carbocycles. The minimum atomic E-state index is -1.05. The highest BCUT2D eigenvalue weighted by Crippen LogP contribution is 2.10. The summed E-state index contributed by atoms with van der Waals surface area (Å²) < 4.78 is 0. The van der Waals surface area contributed by atoms with Crippen LogP contribution in [0.5, 0.6) is 0 Å². The Bertz CT molecular complexity index is 730. The molecule has 0 aromatic heterocycles. The van der Waals surface area contributed by atoms with E-state index in [1.54, 1.807) is 18.2 Å². The largest absolute Gasteiger partial charge is 0.480 e. The molecule has 0 aliphatic carbocycles. The number of rotatable bonds is 6. The summed E-state index contributed by atoms with van der Waals surface area (Å²) in [6.07, 6.45) is 3.83. The number of nitrogens with one attached hydrogen (secondary N) is 1. The summed E-state index contributed by atoms with van der Waals surface area (Å²) in [5.74, 6) is -1.42. The van der Waals surface area contributed by atoms with Crippen LogP contribution in [0.1, 0.15) is 33.5 Å². The van der Waals surface area contributed by atoms with Gasteiger partial charge in [-0.3, -0.25) is 4.79 Å². The number of carboxylic acids is 1. The first-order valence-electron chi connectivity index (χ1n) is 7.79. The highest BCUT2D eigenvalue weighted by Gasteiger charge is 2.19. The lowest BCUT2D eigenvalue weighted by Gasteiger charge is -2.13. The number of aryl methyl sites for hydroxylation is 2. The number of carbonyl (C=O) groups is 2. The van der Waals surface area contributed by atoms with Gasteiger partial charge in [0.2, 0.25) is 0 Å². The van der Waals surface area contributed by atoms with Gasteiger partial charge in [0, 0.05) is 5.56 Å². The fourth-order valence-corrected chi connectivity index (χ4v) is 2.47. The van der Waals surface area contributed by atoms with E-state index in [-0.39, 0.29) is 12.3 Å².